The molecule has 156 valence electrons. The Hall–Kier alpha value is -3.50. The van der Waals surface area contributed by atoms with Crippen molar-refractivity contribution >= 4 is 39.8 Å². The lowest BCUT2D eigenvalue weighted by Crippen LogP contribution is -2.14. The van der Waals surface area contributed by atoms with Crippen LogP contribution >= 0.6 is 23.1 Å². The van der Waals surface area contributed by atoms with E-state index in [-0.39, 0.29) is 17.3 Å². The SMILES string of the molecule is Cc1csc(NC(=O)CSc2ncc(-c3cccc([N+](=O)[O-])c3)n2-c2ccccc2)n1. The Balaban J connectivity index is 1.63. The zero-order valence-corrected chi connectivity index (χ0v) is 18.0. The molecule has 0 aliphatic heterocycles. The fourth-order valence-corrected chi connectivity index (χ4v) is 4.44. The average molecular weight is 452 g/mol. The maximum atomic E-state index is 12.4. The van der Waals surface area contributed by atoms with Crippen molar-refractivity contribution in [2.75, 3.05) is 11.1 Å². The van der Waals surface area contributed by atoms with Gasteiger partial charge in [-0.1, -0.05) is 42.1 Å². The second-order valence-electron chi connectivity index (χ2n) is 6.54. The summed E-state index contributed by atoms with van der Waals surface area (Å²) in [5, 5.41) is 17.0. The molecular formula is C21H17N5O3S2. The number of non-ortho nitro benzene ring substituents is 1. The molecule has 0 fully saturated rings. The third kappa shape index (κ3) is 4.81. The molecule has 2 aromatic carbocycles. The topological polar surface area (TPSA) is 103 Å². The Labute approximate surface area is 186 Å². The van der Waals surface area contributed by atoms with E-state index in [0.29, 0.717) is 21.5 Å². The smallest absolute Gasteiger partial charge is 0.270 e. The molecule has 31 heavy (non-hydrogen) atoms. The number of imidazole rings is 1. The van der Waals surface area contributed by atoms with Crippen LogP contribution in [0.3, 0.4) is 0 Å². The first-order valence-electron chi connectivity index (χ1n) is 9.24. The minimum atomic E-state index is -0.424. The van der Waals surface area contributed by atoms with E-state index in [1.165, 1.54) is 35.2 Å². The molecule has 0 atom stereocenters. The van der Waals surface area contributed by atoms with Crippen molar-refractivity contribution in [2.24, 2.45) is 0 Å². The van der Waals surface area contributed by atoms with Gasteiger partial charge in [0.25, 0.3) is 5.69 Å². The van der Waals surface area contributed by atoms with Gasteiger partial charge in [-0.3, -0.25) is 19.5 Å². The van der Waals surface area contributed by atoms with E-state index in [0.717, 1.165) is 11.4 Å². The van der Waals surface area contributed by atoms with Gasteiger partial charge in [0.1, 0.15) is 0 Å². The number of nitro benzene ring substituents is 1. The molecule has 2 heterocycles. The molecule has 0 radical (unpaired) electrons. The summed E-state index contributed by atoms with van der Waals surface area (Å²) in [6.07, 6.45) is 1.66. The molecule has 1 amide bonds. The fraction of sp³-hybridized carbons (Fsp3) is 0.0952. The number of nitrogens with zero attached hydrogens (tertiary/aromatic N) is 4. The number of nitro groups is 1. The molecule has 0 spiro atoms. The zero-order valence-electron chi connectivity index (χ0n) is 16.4. The molecule has 0 aliphatic rings. The molecule has 1 N–H and O–H groups in total. The molecule has 4 aromatic rings. The fourth-order valence-electron chi connectivity index (χ4n) is 2.94. The number of benzene rings is 2. The monoisotopic (exact) mass is 451 g/mol. The third-order valence-electron chi connectivity index (χ3n) is 4.29. The van der Waals surface area contributed by atoms with E-state index in [1.54, 1.807) is 18.3 Å². The highest BCUT2D eigenvalue weighted by Crippen LogP contribution is 2.31. The van der Waals surface area contributed by atoms with Crippen molar-refractivity contribution in [3.8, 4) is 16.9 Å². The minimum Gasteiger partial charge on any atom is -0.301 e. The molecule has 0 bridgehead atoms. The number of carbonyl (C=O) groups excluding carboxylic acids is 1. The number of anilines is 1. The van der Waals surface area contributed by atoms with Crippen LogP contribution in [0, 0.1) is 17.0 Å². The number of para-hydroxylation sites is 1. The van der Waals surface area contributed by atoms with Gasteiger partial charge in [0.05, 0.1) is 28.3 Å². The van der Waals surface area contributed by atoms with Crippen LogP contribution in [0.5, 0.6) is 0 Å². The average Bonchev–Trinajstić information content (AvgIpc) is 3.39. The van der Waals surface area contributed by atoms with Gasteiger partial charge in [-0.15, -0.1) is 11.3 Å². The lowest BCUT2D eigenvalue weighted by atomic mass is 10.1. The summed E-state index contributed by atoms with van der Waals surface area (Å²) in [6.45, 7) is 1.87. The summed E-state index contributed by atoms with van der Waals surface area (Å²) in [4.78, 5) is 31.9. The number of hydrogen-bond donors (Lipinski definition) is 1. The number of amides is 1. The second kappa shape index (κ2) is 9.11. The van der Waals surface area contributed by atoms with E-state index in [1.807, 2.05) is 47.2 Å². The molecule has 0 unspecified atom stereocenters. The molecule has 2 aromatic heterocycles. The van der Waals surface area contributed by atoms with E-state index in [9.17, 15) is 14.9 Å². The van der Waals surface area contributed by atoms with E-state index >= 15 is 0 Å². The summed E-state index contributed by atoms with van der Waals surface area (Å²) in [5.41, 5.74) is 3.08. The molecule has 4 rings (SSSR count). The number of nitrogens with one attached hydrogen (secondary N) is 1. The first-order valence-corrected chi connectivity index (χ1v) is 11.1. The number of thiazole rings is 1. The van der Waals surface area contributed by atoms with Crippen LogP contribution < -0.4 is 5.32 Å². The second-order valence-corrected chi connectivity index (χ2v) is 8.34. The van der Waals surface area contributed by atoms with Crippen molar-refractivity contribution < 1.29 is 9.72 Å². The molecule has 10 heteroatoms. The highest BCUT2D eigenvalue weighted by atomic mass is 32.2. The van der Waals surface area contributed by atoms with Crippen molar-refractivity contribution in [2.45, 2.75) is 12.1 Å². The quantitative estimate of drug-likeness (QED) is 0.242. The standard InChI is InChI=1S/C21H17N5O3S2/c1-14-12-30-20(23-14)24-19(27)13-31-21-22-11-18(25(21)16-7-3-2-4-8-16)15-6-5-9-17(10-15)26(28)29/h2-12H,13H2,1H3,(H,23,24,27). The Morgan fingerprint density at radius 3 is 2.74 bits per heavy atom. The maximum Gasteiger partial charge on any atom is 0.270 e. The third-order valence-corrected chi connectivity index (χ3v) is 6.12. The number of rotatable bonds is 7. The first kappa shape index (κ1) is 20.8. The van der Waals surface area contributed by atoms with Gasteiger partial charge in [0.15, 0.2) is 10.3 Å². The molecular weight excluding hydrogens is 434 g/mol. The van der Waals surface area contributed by atoms with Gasteiger partial charge in [-0.05, 0) is 19.1 Å². The molecule has 0 saturated carbocycles. The Kier molecular flexibility index (Phi) is 6.10. The summed E-state index contributed by atoms with van der Waals surface area (Å²) in [7, 11) is 0. The van der Waals surface area contributed by atoms with E-state index in [2.05, 4.69) is 15.3 Å². The van der Waals surface area contributed by atoms with Crippen LogP contribution in [0.2, 0.25) is 0 Å². The summed E-state index contributed by atoms with van der Waals surface area (Å²) < 4.78 is 1.89. The van der Waals surface area contributed by atoms with Crippen LogP contribution in [0.1, 0.15) is 5.69 Å². The van der Waals surface area contributed by atoms with E-state index in [4.69, 9.17) is 0 Å². The van der Waals surface area contributed by atoms with Crippen molar-refractivity contribution in [3.63, 3.8) is 0 Å². The minimum absolute atomic E-state index is 0.00522. The summed E-state index contributed by atoms with van der Waals surface area (Å²) in [5.74, 6) is -0.0320. The van der Waals surface area contributed by atoms with Gasteiger partial charge in [0.2, 0.25) is 5.91 Å². The van der Waals surface area contributed by atoms with Crippen LogP contribution in [0.4, 0.5) is 10.8 Å². The number of thioether (sulfide) groups is 1. The van der Waals surface area contributed by atoms with Crippen LogP contribution in [-0.2, 0) is 4.79 Å². The highest BCUT2D eigenvalue weighted by Gasteiger charge is 2.17. The van der Waals surface area contributed by atoms with Gasteiger partial charge < -0.3 is 5.32 Å². The Morgan fingerprint density at radius 1 is 1.23 bits per heavy atom. The van der Waals surface area contributed by atoms with Gasteiger partial charge >= 0.3 is 0 Å². The summed E-state index contributed by atoms with van der Waals surface area (Å²) >= 11 is 2.66. The predicted octanol–water partition coefficient (Wildman–Crippen LogP) is 4.94. The van der Waals surface area contributed by atoms with Crippen molar-refractivity contribution in [1.82, 2.24) is 14.5 Å². The van der Waals surface area contributed by atoms with Crippen LogP contribution in [0.15, 0.2) is 71.3 Å². The predicted molar refractivity (Wildman–Crippen MR) is 122 cm³/mol. The lowest BCUT2D eigenvalue weighted by Gasteiger charge is -2.12. The normalized spacial score (nSPS) is 10.7. The Morgan fingerprint density at radius 2 is 2.03 bits per heavy atom. The van der Waals surface area contributed by atoms with Gasteiger partial charge in [0, 0.05) is 28.8 Å². The molecule has 0 aliphatic carbocycles. The van der Waals surface area contributed by atoms with Gasteiger partial charge in [-0.25, -0.2) is 9.97 Å². The van der Waals surface area contributed by atoms with Crippen molar-refractivity contribution in [1.29, 1.82) is 0 Å². The van der Waals surface area contributed by atoms with Crippen LogP contribution in [0.25, 0.3) is 16.9 Å². The number of aromatic nitrogens is 3. The maximum absolute atomic E-state index is 12.4. The zero-order chi connectivity index (χ0) is 21.8. The lowest BCUT2D eigenvalue weighted by molar-refractivity contribution is -0.384. The highest BCUT2D eigenvalue weighted by molar-refractivity contribution is 7.99. The number of aryl methyl sites for hydroxylation is 1. The van der Waals surface area contributed by atoms with E-state index < -0.39 is 4.92 Å². The first-order chi connectivity index (χ1) is 15.0. The molecule has 8 nitrogen and oxygen atoms in total. The summed E-state index contributed by atoms with van der Waals surface area (Å²) in [6, 6.07) is 16.0. The van der Waals surface area contributed by atoms with Crippen LogP contribution in [-0.4, -0.2) is 31.1 Å². The number of carbonyl (C=O) groups is 1. The molecule has 0 saturated heterocycles. The van der Waals surface area contributed by atoms with Gasteiger partial charge in [-0.2, -0.15) is 0 Å². The van der Waals surface area contributed by atoms with Crippen molar-refractivity contribution in [3.05, 3.63) is 82.0 Å². The Bertz CT molecular complexity index is 1240. The number of hydrogen-bond acceptors (Lipinski definition) is 7. The largest absolute Gasteiger partial charge is 0.301 e.